The molecule has 0 aliphatic rings. The molecule has 0 saturated heterocycles. The fourth-order valence-electron chi connectivity index (χ4n) is 1.51. The third kappa shape index (κ3) is 7.35. The van der Waals surface area contributed by atoms with Gasteiger partial charge in [0, 0.05) is 19.4 Å². The third-order valence-corrected chi connectivity index (χ3v) is 2.52. The Balaban J connectivity index is 2.04. The summed E-state index contributed by atoms with van der Waals surface area (Å²) < 4.78 is 18.0. The van der Waals surface area contributed by atoms with Crippen LogP contribution in [0.25, 0.3) is 0 Å². The molecule has 0 unspecified atom stereocenters. The van der Waals surface area contributed by atoms with Crippen LogP contribution in [0.5, 0.6) is 5.75 Å². The van der Waals surface area contributed by atoms with Crippen LogP contribution in [0.1, 0.15) is 25.7 Å². The second-order valence-corrected chi connectivity index (χ2v) is 4.25. The van der Waals surface area contributed by atoms with Crippen molar-refractivity contribution in [3.8, 4) is 5.75 Å². The van der Waals surface area contributed by atoms with Gasteiger partial charge >= 0.3 is 5.97 Å². The van der Waals surface area contributed by atoms with E-state index in [-0.39, 0.29) is 18.1 Å². The molecular weight excluding hydrogens is 265 g/mol. The van der Waals surface area contributed by atoms with Crippen LogP contribution in [-0.2, 0) is 9.59 Å². The highest BCUT2D eigenvalue weighted by Gasteiger charge is 2.02. The Morgan fingerprint density at radius 1 is 1.15 bits per heavy atom. The fraction of sp³-hybridized carbons (Fsp3) is 0.429. The number of carboxylic acid groups (broad SMARTS) is 1. The van der Waals surface area contributed by atoms with E-state index in [1.807, 2.05) is 0 Å². The van der Waals surface area contributed by atoms with Gasteiger partial charge < -0.3 is 15.2 Å². The maximum absolute atomic E-state index is 12.6. The number of carbonyl (C=O) groups excluding carboxylic acids is 1. The maximum Gasteiger partial charge on any atom is 0.303 e. The fourth-order valence-corrected chi connectivity index (χ4v) is 1.51. The van der Waals surface area contributed by atoms with Crippen LogP contribution >= 0.6 is 0 Å². The van der Waals surface area contributed by atoms with Gasteiger partial charge in [0.05, 0.1) is 6.61 Å². The molecule has 5 nitrogen and oxygen atoms in total. The van der Waals surface area contributed by atoms with Crippen molar-refractivity contribution in [3.63, 3.8) is 0 Å². The van der Waals surface area contributed by atoms with E-state index in [4.69, 9.17) is 9.84 Å². The van der Waals surface area contributed by atoms with E-state index in [1.165, 1.54) is 24.3 Å². The Bertz CT molecular complexity index is 433. The molecule has 0 aliphatic heterocycles. The lowest BCUT2D eigenvalue weighted by atomic mass is 10.3. The molecule has 110 valence electrons. The summed E-state index contributed by atoms with van der Waals surface area (Å²) in [5.41, 5.74) is 0. The summed E-state index contributed by atoms with van der Waals surface area (Å²) in [6.07, 6.45) is 1.33. The van der Waals surface area contributed by atoms with Crippen molar-refractivity contribution in [1.82, 2.24) is 5.32 Å². The number of ether oxygens (including phenoxy) is 1. The lowest BCUT2D eigenvalue weighted by Crippen LogP contribution is -2.25. The van der Waals surface area contributed by atoms with E-state index in [2.05, 4.69) is 5.32 Å². The second kappa shape index (κ2) is 8.90. The Labute approximate surface area is 116 Å². The van der Waals surface area contributed by atoms with Crippen LogP contribution in [0, 0.1) is 5.82 Å². The van der Waals surface area contributed by atoms with Gasteiger partial charge in [-0.2, -0.15) is 0 Å². The van der Waals surface area contributed by atoms with Crippen molar-refractivity contribution in [3.05, 3.63) is 30.1 Å². The van der Waals surface area contributed by atoms with Crippen LogP contribution in [0.2, 0.25) is 0 Å². The van der Waals surface area contributed by atoms with Gasteiger partial charge in [0.2, 0.25) is 5.91 Å². The Hall–Kier alpha value is -2.11. The molecule has 1 aromatic carbocycles. The van der Waals surface area contributed by atoms with Gasteiger partial charge in [-0.25, -0.2) is 4.39 Å². The first-order chi connectivity index (χ1) is 9.58. The Kier molecular flexibility index (Phi) is 7.10. The van der Waals surface area contributed by atoms with Crippen molar-refractivity contribution in [2.75, 3.05) is 13.2 Å². The normalized spacial score (nSPS) is 10.1. The first kappa shape index (κ1) is 15.9. The number of carboxylic acids is 1. The average molecular weight is 283 g/mol. The van der Waals surface area contributed by atoms with Gasteiger partial charge in [-0.3, -0.25) is 9.59 Å². The van der Waals surface area contributed by atoms with Gasteiger partial charge in [-0.15, -0.1) is 0 Å². The summed E-state index contributed by atoms with van der Waals surface area (Å²) in [5.74, 6) is -0.753. The van der Waals surface area contributed by atoms with E-state index < -0.39 is 5.97 Å². The zero-order valence-corrected chi connectivity index (χ0v) is 11.1. The summed E-state index contributed by atoms with van der Waals surface area (Å²) in [4.78, 5) is 21.6. The van der Waals surface area contributed by atoms with Gasteiger partial charge in [-0.1, -0.05) is 0 Å². The lowest BCUT2D eigenvalue weighted by Gasteiger charge is -2.06. The molecule has 0 fully saturated rings. The monoisotopic (exact) mass is 283 g/mol. The molecule has 0 heterocycles. The molecule has 2 N–H and O–H groups in total. The Morgan fingerprint density at radius 3 is 2.50 bits per heavy atom. The minimum Gasteiger partial charge on any atom is -0.494 e. The number of rotatable bonds is 9. The number of amides is 1. The van der Waals surface area contributed by atoms with Gasteiger partial charge in [0.15, 0.2) is 0 Å². The highest BCUT2D eigenvalue weighted by molar-refractivity contribution is 5.75. The molecule has 0 aliphatic carbocycles. The zero-order chi connectivity index (χ0) is 14.8. The van der Waals surface area contributed by atoms with E-state index in [0.29, 0.717) is 38.2 Å². The highest BCUT2D eigenvalue weighted by atomic mass is 19.1. The number of hydrogen-bond donors (Lipinski definition) is 2. The maximum atomic E-state index is 12.6. The highest BCUT2D eigenvalue weighted by Crippen LogP contribution is 2.11. The molecule has 0 saturated carbocycles. The standard InChI is InChI=1S/C14H18FNO4/c15-11-5-7-12(8-6-11)20-10-2-3-13(17)16-9-1-4-14(18)19/h5-8H,1-4,9-10H2,(H,16,17)(H,18,19). The second-order valence-electron chi connectivity index (χ2n) is 4.25. The zero-order valence-electron chi connectivity index (χ0n) is 11.1. The lowest BCUT2D eigenvalue weighted by molar-refractivity contribution is -0.137. The van der Waals surface area contributed by atoms with Gasteiger partial charge in [0.25, 0.3) is 0 Å². The van der Waals surface area contributed by atoms with Crippen molar-refractivity contribution >= 4 is 11.9 Å². The summed E-state index contributed by atoms with van der Waals surface area (Å²) in [6.45, 7) is 0.734. The molecule has 1 rings (SSSR count). The summed E-state index contributed by atoms with van der Waals surface area (Å²) in [5, 5.41) is 11.1. The molecule has 1 aromatic rings. The first-order valence-corrected chi connectivity index (χ1v) is 6.45. The van der Waals surface area contributed by atoms with E-state index >= 15 is 0 Å². The molecule has 0 radical (unpaired) electrons. The quantitative estimate of drug-likeness (QED) is 0.679. The van der Waals surface area contributed by atoms with Crippen LogP contribution in [0.15, 0.2) is 24.3 Å². The van der Waals surface area contributed by atoms with Crippen molar-refractivity contribution < 1.29 is 23.8 Å². The van der Waals surface area contributed by atoms with Crippen molar-refractivity contribution in [2.45, 2.75) is 25.7 Å². The number of halogens is 1. The summed E-state index contributed by atoms with van der Waals surface area (Å²) in [6, 6.07) is 5.68. The van der Waals surface area contributed by atoms with Crippen LogP contribution in [-0.4, -0.2) is 30.1 Å². The minimum atomic E-state index is -0.869. The predicted octanol–water partition coefficient (Wildman–Crippen LogP) is 1.97. The molecule has 1 amide bonds. The van der Waals surface area contributed by atoms with Crippen LogP contribution in [0.4, 0.5) is 4.39 Å². The SMILES string of the molecule is O=C(O)CCCNC(=O)CCCOc1ccc(F)cc1. The first-order valence-electron chi connectivity index (χ1n) is 6.45. The molecular formula is C14H18FNO4. The molecule has 0 spiro atoms. The van der Waals surface area contributed by atoms with Crippen molar-refractivity contribution in [1.29, 1.82) is 0 Å². The topological polar surface area (TPSA) is 75.6 Å². The molecule has 0 aromatic heterocycles. The number of aliphatic carboxylic acids is 1. The molecule has 0 bridgehead atoms. The van der Waals surface area contributed by atoms with Crippen LogP contribution < -0.4 is 10.1 Å². The minimum absolute atomic E-state index is 0.0496. The largest absolute Gasteiger partial charge is 0.494 e. The number of hydrogen-bond acceptors (Lipinski definition) is 3. The number of benzene rings is 1. The van der Waals surface area contributed by atoms with Crippen molar-refractivity contribution in [2.24, 2.45) is 0 Å². The summed E-state index contributed by atoms with van der Waals surface area (Å²) >= 11 is 0. The average Bonchev–Trinajstić information content (AvgIpc) is 2.41. The number of nitrogens with one attached hydrogen (secondary N) is 1. The molecule has 0 atom stereocenters. The van der Waals surface area contributed by atoms with Gasteiger partial charge in [-0.05, 0) is 37.1 Å². The van der Waals surface area contributed by atoms with Gasteiger partial charge in [0.1, 0.15) is 11.6 Å². The molecule has 20 heavy (non-hydrogen) atoms. The predicted molar refractivity (Wildman–Crippen MR) is 71.0 cm³/mol. The summed E-state index contributed by atoms with van der Waals surface area (Å²) in [7, 11) is 0. The van der Waals surface area contributed by atoms with Crippen LogP contribution in [0.3, 0.4) is 0 Å². The van der Waals surface area contributed by atoms with E-state index in [9.17, 15) is 14.0 Å². The third-order valence-electron chi connectivity index (χ3n) is 2.52. The number of carbonyl (C=O) groups is 2. The van der Waals surface area contributed by atoms with E-state index in [1.54, 1.807) is 0 Å². The molecule has 6 heteroatoms. The Morgan fingerprint density at radius 2 is 1.85 bits per heavy atom. The smallest absolute Gasteiger partial charge is 0.303 e. The van der Waals surface area contributed by atoms with E-state index in [0.717, 1.165) is 0 Å².